The van der Waals surface area contributed by atoms with E-state index in [4.69, 9.17) is 22.1 Å². The first-order valence-corrected chi connectivity index (χ1v) is 10.3. The molecule has 31 heavy (non-hydrogen) atoms. The van der Waals surface area contributed by atoms with Gasteiger partial charge < -0.3 is 15.8 Å². The van der Waals surface area contributed by atoms with Crippen LogP contribution < -0.4 is 15.8 Å². The van der Waals surface area contributed by atoms with Gasteiger partial charge in [-0.15, -0.1) is 0 Å². The molecule has 2 heterocycles. The lowest BCUT2D eigenvalue weighted by atomic mass is 9.70. The van der Waals surface area contributed by atoms with Gasteiger partial charge >= 0.3 is 0 Å². The van der Waals surface area contributed by atoms with Crippen molar-refractivity contribution >= 4 is 29.1 Å². The van der Waals surface area contributed by atoms with Crippen LogP contribution in [0.3, 0.4) is 0 Å². The molecule has 1 amide bonds. The number of nitrogens with two attached hydrogens (primary N) is 1. The maximum absolute atomic E-state index is 14.1. The largest absolute Gasteiger partial charge is 0.487 e. The zero-order chi connectivity index (χ0) is 21.8. The zero-order valence-electron chi connectivity index (χ0n) is 16.6. The minimum absolute atomic E-state index is 0.0155. The first-order valence-electron chi connectivity index (χ1n) is 9.93. The molecule has 0 saturated heterocycles. The Morgan fingerprint density at radius 1 is 1.29 bits per heavy atom. The highest BCUT2D eigenvalue weighted by atomic mass is 35.5. The van der Waals surface area contributed by atoms with E-state index in [1.54, 1.807) is 36.8 Å². The van der Waals surface area contributed by atoms with E-state index in [0.29, 0.717) is 49.4 Å². The van der Waals surface area contributed by atoms with E-state index in [9.17, 15) is 9.18 Å². The average molecular weight is 445 g/mol. The van der Waals surface area contributed by atoms with Crippen molar-refractivity contribution in [1.29, 1.82) is 0 Å². The van der Waals surface area contributed by atoms with E-state index >= 15 is 0 Å². The van der Waals surface area contributed by atoms with Crippen LogP contribution in [-0.2, 0) is 11.2 Å². The Morgan fingerprint density at radius 2 is 2.10 bits per heavy atom. The average Bonchev–Trinajstić information content (AvgIpc) is 3.26. The van der Waals surface area contributed by atoms with Crippen molar-refractivity contribution in [3.63, 3.8) is 0 Å². The number of aromatic nitrogens is 4. The fraction of sp³-hybridized carbons (Fsp3) is 0.333. The number of carbonyl (C=O) groups excluding carboxylic acids is 1. The van der Waals surface area contributed by atoms with Gasteiger partial charge in [-0.2, -0.15) is 5.10 Å². The Labute approximate surface area is 183 Å². The van der Waals surface area contributed by atoms with E-state index in [1.807, 2.05) is 0 Å². The predicted octanol–water partition coefficient (Wildman–Crippen LogP) is 3.77. The number of rotatable bonds is 7. The highest BCUT2D eigenvalue weighted by Gasteiger charge is 2.41. The van der Waals surface area contributed by atoms with Gasteiger partial charge in [-0.05, 0) is 37.8 Å². The number of nitrogens with zero attached hydrogens (tertiary/aromatic N) is 3. The summed E-state index contributed by atoms with van der Waals surface area (Å²) in [6, 6.07) is 6.42. The van der Waals surface area contributed by atoms with Gasteiger partial charge in [0.2, 0.25) is 5.91 Å². The third-order valence-corrected chi connectivity index (χ3v) is 5.87. The highest BCUT2D eigenvalue weighted by Crippen LogP contribution is 2.40. The van der Waals surface area contributed by atoms with Gasteiger partial charge in [-0.3, -0.25) is 14.9 Å². The summed E-state index contributed by atoms with van der Waals surface area (Å²) in [5.74, 6) is 0.298. The number of benzene rings is 1. The van der Waals surface area contributed by atoms with Crippen molar-refractivity contribution in [2.45, 2.75) is 38.2 Å². The molecule has 2 aromatic heterocycles. The number of amides is 1. The number of hydrogen-bond acceptors (Lipinski definition) is 6. The van der Waals surface area contributed by atoms with Crippen molar-refractivity contribution < 1.29 is 13.9 Å². The van der Waals surface area contributed by atoms with Crippen LogP contribution in [0.2, 0.25) is 5.02 Å². The minimum atomic E-state index is -0.758. The number of hydrogen-bond donors (Lipinski definition) is 3. The molecule has 8 nitrogen and oxygen atoms in total. The van der Waals surface area contributed by atoms with Gasteiger partial charge in [0.05, 0.1) is 28.4 Å². The predicted molar refractivity (Wildman–Crippen MR) is 114 cm³/mol. The minimum Gasteiger partial charge on any atom is -0.487 e. The molecule has 0 bridgehead atoms. The van der Waals surface area contributed by atoms with Crippen LogP contribution in [0.15, 0.2) is 42.9 Å². The van der Waals surface area contributed by atoms with E-state index in [1.165, 1.54) is 6.07 Å². The molecule has 10 heteroatoms. The number of anilines is 2. The van der Waals surface area contributed by atoms with Gasteiger partial charge in [0.1, 0.15) is 5.82 Å². The van der Waals surface area contributed by atoms with Crippen LogP contribution in [0.4, 0.5) is 16.0 Å². The monoisotopic (exact) mass is 444 g/mol. The molecule has 4 rings (SSSR count). The third kappa shape index (κ3) is 4.77. The molecular weight excluding hydrogens is 423 g/mol. The maximum atomic E-state index is 14.1. The van der Waals surface area contributed by atoms with Gasteiger partial charge in [0.15, 0.2) is 17.4 Å². The SMILES string of the molecule is NC(=O)[C@]1(Cc2cncc(Nc3cc[nH]n3)n2)CC[C@@H](Oc2cccc(Cl)c2F)CC1. The molecule has 0 unspecified atom stereocenters. The number of H-pyrrole nitrogens is 1. The number of ether oxygens (including phenoxy) is 1. The second kappa shape index (κ2) is 8.89. The number of carbonyl (C=O) groups is 1. The first-order chi connectivity index (χ1) is 14.9. The van der Waals surface area contributed by atoms with E-state index in [0.717, 1.165) is 0 Å². The number of primary amides is 1. The number of halogens is 2. The Morgan fingerprint density at radius 3 is 2.81 bits per heavy atom. The molecule has 0 aliphatic heterocycles. The first kappa shape index (κ1) is 21.0. The molecule has 1 saturated carbocycles. The maximum Gasteiger partial charge on any atom is 0.224 e. The van der Waals surface area contributed by atoms with Gasteiger partial charge in [0.25, 0.3) is 0 Å². The molecule has 1 aliphatic carbocycles. The topological polar surface area (TPSA) is 119 Å². The number of nitrogens with one attached hydrogen (secondary N) is 2. The Balaban J connectivity index is 1.43. The van der Waals surface area contributed by atoms with Crippen LogP contribution in [0.1, 0.15) is 31.4 Å². The zero-order valence-corrected chi connectivity index (χ0v) is 17.4. The lowest BCUT2D eigenvalue weighted by Gasteiger charge is -2.37. The summed E-state index contributed by atoms with van der Waals surface area (Å²) in [5.41, 5.74) is 5.70. The summed E-state index contributed by atoms with van der Waals surface area (Å²) in [5, 5.41) is 9.81. The molecule has 1 aliphatic rings. The van der Waals surface area contributed by atoms with E-state index < -0.39 is 11.2 Å². The molecular formula is C21H22ClFN6O2. The van der Waals surface area contributed by atoms with Crippen molar-refractivity contribution in [1.82, 2.24) is 20.2 Å². The molecule has 162 valence electrons. The standard InChI is InChI=1S/C21H22ClFN6O2/c22-15-2-1-3-16(19(15)23)31-14-4-7-21(8-5-14,20(24)30)10-13-11-25-12-18(27-13)28-17-6-9-26-29-17/h1-3,6,9,11-12,14H,4-5,7-8,10H2,(H2,24,30)(H2,26,27,28,29)/t14-,21-. The molecule has 3 aromatic rings. The molecule has 0 spiro atoms. The summed E-state index contributed by atoms with van der Waals surface area (Å²) in [6.07, 6.45) is 7.19. The van der Waals surface area contributed by atoms with Gasteiger partial charge in [-0.1, -0.05) is 17.7 Å². The quantitative estimate of drug-likeness (QED) is 0.510. The summed E-state index contributed by atoms with van der Waals surface area (Å²) in [7, 11) is 0. The van der Waals surface area contributed by atoms with Crippen LogP contribution in [0, 0.1) is 11.2 Å². The Kier molecular flexibility index (Phi) is 6.03. The van der Waals surface area contributed by atoms with Gasteiger partial charge in [-0.25, -0.2) is 9.37 Å². The number of aromatic amines is 1. The summed E-state index contributed by atoms with van der Waals surface area (Å²) >= 11 is 5.83. The highest BCUT2D eigenvalue weighted by molar-refractivity contribution is 6.30. The summed E-state index contributed by atoms with van der Waals surface area (Å²) in [4.78, 5) is 21.2. The lowest BCUT2D eigenvalue weighted by Crippen LogP contribution is -2.44. The fourth-order valence-corrected chi connectivity index (χ4v) is 4.05. The third-order valence-electron chi connectivity index (χ3n) is 5.58. The van der Waals surface area contributed by atoms with Crippen molar-refractivity contribution in [2.24, 2.45) is 11.1 Å². The molecule has 4 N–H and O–H groups in total. The molecule has 1 fully saturated rings. The summed E-state index contributed by atoms with van der Waals surface area (Å²) < 4.78 is 19.9. The van der Waals surface area contributed by atoms with Crippen molar-refractivity contribution in [3.8, 4) is 5.75 Å². The lowest BCUT2D eigenvalue weighted by molar-refractivity contribution is -0.130. The fourth-order valence-electron chi connectivity index (χ4n) is 3.89. The molecule has 0 atom stereocenters. The van der Waals surface area contributed by atoms with Crippen molar-refractivity contribution in [3.05, 3.63) is 59.4 Å². The summed E-state index contributed by atoms with van der Waals surface area (Å²) in [6.45, 7) is 0. The second-order valence-corrected chi connectivity index (χ2v) is 8.08. The van der Waals surface area contributed by atoms with Crippen LogP contribution in [-0.4, -0.2) is 32.2 Å². The normalized spacial score (nSPS) is 20.9. The van der Waals surface area contributed by atoms with Crippen molar-refractivity contribution in [2.75, 3.05) is 5.32 Å². The van der Waals surface area contributed by atoms with Crippen LogP contribution in [0.5, 0.6) is 5.75 Å². The smallest absolute Gasteiger partial charge is 0.224 e. The van der Waals surface area contributed by atoms with Crippen LogP contribution >= 0.6 is 11.6 Å². The van der Waals surface area contributed by atoms with Crippen LogP contribution in [0.25, 0.3) is 0 Å². The molecule has 1 aromatic carbocycles. The Bertz CT molecular complexity index is 1050. The van der Waals surface area contributed by atoms with E-state index in [-0.39, 0.29) is 22.8 Å². The molecule has 0 radical (unpaired) electrons. The van der Waals surface area contributed by atoms with Gasteiger partial charge in [0, 0.05) is 24.9 Å². The van der Waals surface area contributed by atoms with E-state index in [2.05, 4.69) is 25.5 Å². The second-order valence-electron chi connectivity index (χ2n) is 7.67. The Hall–Kier alpha value is -3.20.